The number of aromatic nitrogens is 3. The summed E-state index contributed by atoms with van der Waals surface area (Å²) in [6, 6.07) is 7.14. The molecule has 0 saturated heterocycles. The van der Waals surface area contributed by atoms with Crippen LogP contribution >= 0.6 is 0 Å². The Morgan fingerprint density at radius 1 is 1.21 bits per heavy atom. The minimum absolute atomic E-state index is 0.348. The van der Waals surface area contributed by atoms with Crippen LogP contribution in [0.5, 0.6) is 0 Å². The predicted octanol–water partition coefficient (Wildman–Crippen LogP) is 2.27. The van der Waals surface area contributed by atoms with Gasteiger partial charge in [0.2, 0.25) is 10.0 Å². The molecule has 1 N–H and O–H groups in total. The van der Waals surface area contributed by atoms with Crippen molar-refractivity contribution in [3.05, 3.63) is 53.3 Å². The van der Waals surface area contributed by atoms with Gasteiger partial charge in [-0.2, -0.15) is 9.40 Å². The highest BCUT2D eigenvalue weighted by Gasteiger charge is 2.29. The molecule has 24 heavy (non-hydrogen) atoms. The first-order chi connectivity index (χ1) is 11.6. The summed E-state index contributed by atoms with van der Waals surface area (Å²) in [5.41, 5.74) is 3.97. The van der Waals surface area contributed by atoms with Gasteiger partial charge in [0.05, 0.1) is 11.1 Å². The zero-order valence-electron chi connectivity index (χ0n) is 13.4. The zero-order valence-corrected chi connectivity index (χ0v) is 14.2. The highest BCUT2D eigenvalue weighted by atomic mass is 32.2. The summed E-state index contributed by atoms with van der Waals surface area (Å²) in [6.07, 6.45) is 5.07. The SMILES string of the molecule is CCc1ccc(S(=O)(=O)N2CCc3c(cnc4[nH]ncc34)C2)cc1. The van der Waals surface area contributed by atoms with Crippen LogP contribution in [0.15, 0.2) is 41.6 Å². The van der Waals surface area contributed by atoms with Crippen LogP contribution in [0.4, 0.5) is 0 Å². The van der Waals surface area contributed by atoms with E-state index in [0.29, 0.717) is 24.4 Å². The lowest BCUT2D eigenvalue weighted by Crippen LogP contribution is -2.36. The third-order valence-electron chi connectivity index (χ3n) is 4.61. The highest BCUT2D eigenvalue weighted by molar-refractivity contribution is 7.89. The molecule has 6 nitrogen and oxygen atoms in total. The average Bonchev–Trinajstić information content (AvgIpc) is 3.10. The number of benzene rings is 1. The lowest BCUT2D eigenvalue weighted by Gasteiger charge is -2.28. The maximum Gasteiger partial charge on any atom is 0.243 e. The van der Waals surface area contributed by atoms with Crippen molar-refractivity contribution >= 4 is 21.1 Å². The van der Waals surface area contributed by atoms with Crippen LogP contribution in [0.1, 0.15) is 23.6 Å². The molecule has 4 rings (SSSR count). The first kappa shape index (κ1) is 15.3. The van der Waals surface area contributed by atoms with E-state index in [4.69, 9.17) is 0 Å². The first-order valence-electron chi connectivity index (χ1n) is 7.98. The van der Waals surface area contributed by atoms with Crippen LogP contribution < -0.4 is 0 Å². The van der Waals surface area contributed by atoms with E-state index in [1.54, 1.807) is 24.5 Å². The number of H-pyrrole nitrogens is 1. The van der Waals surface area contributed by atoms with E-state index < -0.39 is 10.0 Å². The second-order valence-electron chi connectivity index (χ2n) is 5.98. The lowest BCUT2D eigenvalue weighted by atomic mass is 10.0. The van der Waals surface area contributed by atoms with Crippen molar-refractivity contribution in [2.45, 2.75) is 31.2 Å². The number of sulfonamides is 1. The molecule has 0 aliphatic carbocycles. The largest absolute Gasteiger partial charge is 0.261 e. The van der Waals surface area contributed by atoms with Crippen LogP contribution in [0.25, 0.3) is 11.0 Å². The van der Waals surface area contributed by atoms with Crippen molar-refractivity contribution in [2.24, 2.45) is 0 Å². The number of nitrogens with one attached hydrogen (secondary N) is 1. The van der Waals surface area contributed by atoms with Crippen LogP contribution in [-0.2, 0) is 29.4 Å². The molecule has 1 aliphatic heterocycles. The molecular weight excluding hydrogens is 324 g/mol. The molecule has 3 aromatic rings. The summed E-state index contributed by atoms with van der Waals surface area (Å²) in [6.45, 7) is 2.87. The minimum Gasteiger partial charge on any atom is -0.261 e. The standard InChI is InChI=1S/C17H18N4O2S/c1-2-12-3-5-14(6-4-12)24(22,23)21-8-7-15-13(11-21)9-18-17-16(15)10-19-20-17/h3-6,9-10H,2,7-8,11H2,1H3,(H,18,19,20). The first-order valence-corrected chi connectivity index (χ1v) is 9.42. The molecule has 0 saturated carbocycles. The Bertz CT molecular complexity index is 993. The quantitative estimate of drug-likeness (QED) is 0.792. The zero-order chi connectivity index (χ0) is 16.7. The number of rotatable bonds is 3. The molecule has 2 aromatic heterocycles. The number of aryl methyl sites for hydroxylation is 1. The molecule has 0 radical (unpaired) electrons. The molecule has 1 aliphatic rings. The molecular formula is C17H18N4O2S. The Hall–Kier alpha value is -2.25. The van der Waals surface area contributed by atoms with Gasteiger partial charge in [0.1, 0.15) is 0 Å². The maximum absolute atomic E-state index is 12.9. The van der Waals surface area contributed by atoms with Crippen molar-refractivity contribution in [3.63, 3.8) is 0 Å². The molecule has 0 bridgehead atoms. The van der Waals surface area contributed by atoms with Gasteiger partial charge < -0.3 is 0 Å². The van der Waals surface area contributed by atoms with E-state index in [9.17, 15) is 8.42 Å². The Kier molecular flexibility index (Phi) is 3.62. The predicted molar refractivity (Wildman–Crippen MR) is 91.0 cm³/mol. The highest BCUT2D eigenvalue weighted by Crippen LogP contribution is 2.28. The van der Waals surface area contributed by atoms with Gasteiger partial charge in [-0.1, -0.05) is 19.1 Å². The van der Waals surface area contributed by atoms with Crippen LogP contribution in [0, 0.1) is 0 Å². The normalized spacial score (nSPS) is 15.5. The van der Waals surface area contributed by atoms with E-state index in [0.717, 1.165) is 34.1 Å². The van der Waals surface area contributed by atoms with Crippen molar-refractivity contribution in [1.29, 1.82) is 0 Å². The van der Waals surface area contributed by atoms with E-state index in [1.165, 1.54) is 4.31 Å². The second-order valence-corrected chi connectivity index (χ2v) is 7.92. The molecule has 0 unspecified atom stereocenters. The number of hydrogen-bond donors (Lipinski definition) is 1. The average molecular weight is 342 g/mol. The fraction of sp³-hybridized carbons (Fsp3) is 0.294. The Labute approximate surface area is 140 Å². The summed E-state index contributed by atoms with van der Waals surface area (Å²) < 4.78 is 27.3. The minimum atomic E-state index is -3.49. The number of pyridine rings is 1. The van der Waals surface area contributed by atoms with Gasteiger partial charge in [-0.05, 0) is 41.7 Å². The van der Waals surface area contributed by atoms with Crippen LogP contribution in [0.3, 0.4) is 0 Å². The Morgan fingerprint density at radius 2 is 2.00 bits per heavy atom. The van der Waals surface area contributed by atoms with Crippen LogP contribution in [0.2, 0.25) is 0 Å². The van der Waals surface area contributed by atoms with Crippen molar-refractivity contribution in [1.82, 2.24) is 19.5 Å². The summed E-state index contributed by atoms with van der Waals surface area (Å²) in [5, 5.41) is 7.86. The van der Waals surface area contributed by atoms with Gasteiger partial charge in [-0.3, -0.25) is 5.10 Å². The fourth-order valence-electron chi connectivity index (χ4n) is 3.18. The number of hydrogen-bond acceptors (Lipinski definition) is 4. The van der Waals surface area contributed by atoms with Crippen molar-refractivity contribution < 1.29 is 8.42 Å². The van der Waals surface area contributed by atoms with Gasteiger partial charge in [0.15, 0.2) is 5.65 Å². The summed E-state index contributed by atoms with van der Waals surface area (Å²) in [5.74, 6) is 0. The van der Waals surface area contributed by atoms with E-state index in [1.807, 2.05) is 12.1 Å². The van der Waals surface area contributed by atoms with E-state index in [2.05, 4.69) is 22.1 Å². The summed E-state index contributed by atoms with van der Waals surface area (Å²) >= 11 is 0. The molecule has 7 heteroatoms. The second kappa shape index (κ2) is 5.68. The van der Waals surface area contributed by atoms with Gasteiger partial charge in [0.25, 0.3) is 0 Å². The Balaban J connectivity index is 1.67. The molecule has 124 valence electrons. The van der Waals surface area contributed by atoms with Gasteiger partial charge >= 0.3 is 0 Å². The molecule has 0 atom stereocenters. The molecule has 1 aromatic carbocycles. The lowest BCUT2D eigenvalue weighted by molar-refractivity contribution is 0.392. The molecule has 3 heterocycles. The van der Waals surface area contributed by atoms with Crippen molar-refractivity contribution in [2.75, 3.05) is 6.54 Å². The van der Waals surface area contributed by atoms with Gasteiger partial charge in [0, 0.05) is 24.7 Å². The van der Waals surface area contributed by atoms with Gasteiger partial charge in [-0.15, -0.1) is 0 Å². The third kappa shape index (κ3) is 2.40. The summed E-state index contributed by atoms with van der Waals surface area (Å²) in [4.78, 5) is 4.67. The van der Waals surface area contributed by atoms with E-state index in [-0.39, 0.29) is 0 Å². The maximum atomic E-state index is 12.9. The molecule has 0 fully saturated rings. The summed E-state index contributed by atoms with van der Waals surface area (Å²) in [7, 11) is -3.49. The molecule has 0 spiro atoms. The number of aromatic amines is 1. The third-order valence-corrected chi connectivity index (χ3v) is 6.47. The topological polar surface area (TPSA) is 79.0 Å². The number of fused-ring (bicyclic) bond motifs is 3. The van der Waals surface area contributed by atoms with E-state index >= 15 is 0 Å². The van der Waals surface area contributed by atoms with Crippen LogP contribution in [-0.4, -0.2) is 34.4 Å². The smallest absolute Gasteiger partial charge is 0.243 e. The van der Waals surface area contributed by atoms with Gasteiger partial charge in [-0.25, -0.2) is 13.4 Å². The fourth-order valence-corrected chi connectivity index (χ4v) is 4.60. The van der Waals surface area contributed by atoms with Crippen molar-refractivity contribution in [3.8, 4) is 0 Å². The molecule has 0 amide bonds. The Morgan fingerprint density at radius 3 is 2.75 bits per heavy atom. The number of nitrogens with zero attached hydrogens (tertiary/aromatic N) is 3. The monoisotopic (exact) mass is 342 g/mol.